The molecule has 7 aromatic carbocycles. The van der Waals surface area contributed by atoms with E-state index in [4.69, 9.17) is 14.4 Å². The van der Waals surface area contributed by atoms with Crippen LogP contribution in [0.4, 0.5) is 0 Å². The van der Waals surface area contributed by atoms with Crippen LogP contribution in [0.3, 0.4) is 0 Å². The topological polar surface area (TPSA) is 43.9 Å². The van der Waals surface area contributed by atoms with Gasteiger partial charge in [-0.25, -0.2) is 9.97 Å². The van der Waals surface area contributed by atoms with Crippen LogP contribution < -0.4 is 0 Å². The lowest BCUT2D eigenvalue weighted by atomic mass is 9.79. The van der Waals surface area contributed by atoms with Gasteiger partial charge in [-0.2, -0.15) is 0 Å². The maximum atomic E-state index is 6.55. The van der Waals surface area contributed by atoms with E-state index in [0.717, 1.165) is 61.8 Å². The van der Waals surface area contributed by atoms with Crippen molar-refractivity contribution in [2.75, 3.05) is 0 Å². The van der Waals surface area contributed by atoms with E-state index in [1.54, 1.807) is 0 Å². The molecule has 3 heterocycles. The first-order valence-electron chi connectivity index (χ1n) is 18.2. The highest BCUT2D eigenvalue weighted by atomic mass is 16.3. The highest BCUT2D eigenvalue weighted by molar-refractivity contribution is 6.24. The molecule has 0 aliphatic heterocycles. The Morgan fingerprint density at radius 3 is 2.19 bits per heavy atom. The fourth-order valence-corrected chi connectivity index (χ4v) is 8.64. The Morgan fingerprint density at radius 1 is 0.566 bits per heavy atom. The molecular formula is C49H33N3O. The summed E-state index contributed by atoms with van der Waals surface area (Å²) in [4.78, 5) is 10.6. The molecule has 1 aliphatic carbocycles. The minimum atomic E-state index is -0.243. The van der Waals surface area contributed by atoms with Gasteiger partial charge in [-0.15, -0.1) is 0 Å². The van der Waals surface area contributed by atoms with Gasteiger partial charge in [0.1, 0.15) is 11.2 Å². The maximum absolute atomic E-state index is 6.55. The first kappa shape index (κ1) is 29.9. The summed E-state index contributed by atoms with van der Waals surface area (Å²) in [6.45, 7) is 2.27. The van der Waals surface area contributed by atoms with E-state index in [1.807, 2.05) is 6.07 Å². The van der Waals surface area contributed by atoms with Crippen molar-refractivity contribution in [2.24, 2.45) is 0 Å². The number of aromatic nitrogens is 3. The lowest BCUT2D eigenvalue weighted by Crippen LogP contribution is -2.22. The molecule has 0 amide bonds. The first-order valence-corrected chi connectivity index (χ1v) is 18.2. The molecule has 4 nitrogen and oxygen atoms in total. The molecular weight excluding hydrogens is 647 g/mol. The summed E-state index contributed by atoms with van der Waals surface area (Å²) in [5.74, 6) is 0.709. The molecule has 10 aromatic rings. The van der Waals surface area contributed by atoms with E-state index in [9.17, 15) is 0 Å². The van der Waals surface area contributed by atoms with Crippen LogP contribution in [0, 0.1) is 0 Å². The molecule has 3 aromatic heterocycles. The van der Waals surface area contributed by atoms with E-state index in [1.165, 1.54) is 38.1 Å². The largest absolute Gasteiger partial charge is 0.456 e. The van der Waals surface area contributed by atoms with Crippen LogP contribution in [0.15, 0.2) is 174 Å². The third-order valence-corrected chi connectivity index (χ3v) is 11.1. The molecule has 1 aliphatic rings. The predicted molar refractivity (Wildman–Crippen MR) is 220 cm³/mol. The molecule has 0 N–H and O–H groups in total. The van der Waals surface area contributed by atoms with E-state index in [-0.39, 0.29) is 5.41 Å². The summed E-state index contributed by atoms with van der Waals surface area (Å²) in [6.07, 6.45) is 9.62. The zero-order valence-electron chi connectivity index (χ0n) is 29.1. The molecule has 0 spiro atoms. The fourth-order valence-electron chi connectivity index (χ4n) is 8.64. The second-order valence-corrected chi connectivity index (χ2v) is 14.4. The van der Waals surface area contributed by atoms with Gasteiger partial charge in [0.15, 0.2) is 5.82 Å². The van der Waals surface area contributed by atoms with Crippen molar-refractivity contribution in [1.82, 2.24) is 14.5 Å². The molecule has 4 heteroatoms. The number of hydrogen-bond donors (Lipinski definition) is 0. The molecule has 1 atom stereocenters. The number of para-hydroxylation sites is 3. The number of rotatable bonds is 4. The molecule has 0 saturated heterocycles. The monoisotopic (exact) mass is 679 g/mol. The van der Waals surface area contributed by atoms with Gasteiger partial charge in [0.2, 0.25) is 0 Å². The minimum absolute atomic E-state index is 0.243. The summed E-state index contributed by atoms with van der Waals surface area (Å²) in [7, 11) is 0. The first-order chi connectivity index (χ1) is 26.1. The van der Waals surface area contributed by atoms with Gasteiger partial charge in [0.25, 0.3) is 0 Å². The molecule has 250 valence electrons. The standard InChI is InChI=1S/C49H33N3O/c1-49(27-12-3-13-28-49)47-35-19-8-10-22-40(35)50-48(51-47)37-21-14-24-44-46(37)39-29-31(25-26-43(39)53-44)38-30-42-45(34-18-7-6-17-33(34)38)36-20-9-11-23-41(36)52(42)32-15-4-2-5-16-32/h2-27,29-30H,28H2,1H3. The SMILES string of the molecule is CC1(c2nc(-c3cccc4oc5ccc(-c6cc7c(c8ccccc68)c6ccccc6n7-c6ccccc6)cc5c34)nc3ccccc23)C=CC=CC1. The van der Waals surface area contributed by atoms with Gasteiger partial charge in [0.05, 0.1) is 22.2 Å². The Balaban J connectivity index is 1.18. The average molecular weight is 680 g/mol. The third kappa shape index (κ3) is 4.49. The zero-order valence-corrected chi connectivity index (χ0v) is 29.1. The smallest absolute Gasteiger partial charge is 0.160 e. The van der Waals surface area contributed by atoms with Crippen molar-refractivity contribution in [3.63, 3.8) is 0 Å². The molecule has 11 rings (SSSR count). The van der Waals surface area contributed by atoms with E-state index in [2.05, 4.69) is 175 Å². The minimum Gasteiger partial charge on any atom is -0.456 e. The van der Waals surface area contributed by atoms with Crippen LogP contribution in [0.2, 0.25) is 0 Å². The predicted octanol–water partition coefficient (Wildman–Crippen LogP) is 12.9. The van der Waals surface area contributed by atoms with Gasteiger partial charge in [-0.05, 0) is 76.9 Å². The lowest BCUT2D eigenvalue weighted by molar-refractivity contribution is 0.585. The van der Waals surface area contributed by atoms with E-state index < -0.39 is 0 Å². The number of nitrogens with zero attached hydrogens (tertiary/aromatic N) is 3. The van der Waals surface area contributed by atoms with Gasteiger partial charge in [-0.3, -0.25) is 0 Å². The zero-order chi connectivity index (χ0) is 35.1. The van der Waals surface area contributed by atoms with Crippen molar-refractivity contribution < 1.29 is 4.42 Å². The maximum Gasteiger partial charge on any atom is 0.160 e. The Labute approximate surface area is 306 Å². The Hall–Kier alpha value is -6.78. The summed E-state index contributed by atoms with van der Waals surface area (Å²) in [5, 5.41) is 8.13. The van der Waals surface area contributed by atoms with Crippen LogP contribution in [0.1, 0.15) is 19.0 Å². The van der Waals surface area contributed by atoms with Crippen LogP contribution in [-0.4, -0.2) is 14.5 Å². The molecule has 1 unspecified atom stereocenters. The fraction of sp³-hybridized carbons (Fsp3) is 0.0612. The Morgan fingerprint density at radius 2 is 1.34 bits per heavy atom. The Bertz CT molecular complexity index is 3160. The van der Waals surface area contributed by atoms with Crippen molar-refractivity contribution in [3.05, 3.63) is 176 Å². The van der Waals surface area contributed by atoms with Crippen LogP contribution in [-0.2, 0) is 5.41 Å². The van der Waals surface area contributed by atoms with Crippen molar-refractivity contribution in [1.29, 1.82) is 0 Å². The molecule has 0 saturated carbocycles. The number of furan rings is 1. The number of fused-ring (bicyclic) bond motifs is 9. The summed E-state index contributed by atoms with van der Waals surface area (Å²) < 4.78 is 8.95. The summed E-state index contributed by atoms with van der Waals surface area (Å²) in [6, 6.07) is 51.8. The molecule has 0 bridgehead atoms. The highest BCUT2D eigenvalue weighted by Gasteiger charge is 2.29. The molecule has 53 heavy (non-hydrogen) atoms. The quantitative estimate of drug-likeness (QED) is 0.186. The lowest BCUT2D eigenvalue weighted by Gasteiger charge is -2.27. The van der Waals surface area contributed by atoms with Crippen LogP contribution in [0.5, 0.6) is 0 Å². The van der Waals surface area contributed by atoms with E-state index >= 15 is 0 Å². The number of allylic oxidation sites excluding steroid dienone is 4. The van der Waals surface area contributed by atoms with Gasteiger partial charge < -0.3 is 8.98 Å². The second-order valence-electron chi connectivity index (χ2n) is 14.4. The normalized spacial score (nSPS) is 15.9. The number of hydrogen-bond acceptors (Lipinski definition) is 3. The van der Waals surface area contributed by atoms with Gasteiger partial charge >= 0.3 is 0 Å². The molecule has 0 radical (unpaired) electrons. The van der Waals surface area contributed by atoms with Crippen molar-refractivity contribution in [3.8, 4) is 28.2 Å². The van der Waals surface area contributed by atoms with E-state index in [0.29, 0.717) is 5.82 Å². The highest BCUT2D eigenvalue weighted by Crippen LogP contribution is 2.44. The van der Waals surface area contributed by atoms with Crippen molar-refractivity contribution in [2.45, 2.75) is 18.8 Å². The third-order valence-electron chi connectivity index (χ3n) is 11.1. The second kappa shape index (κ2) is 11.4. The van der Waals surface area contributed by atoms with Crippen LogP contribution in [0.25, 0.3) is 93.6 Å². The average Bonchev–Trinajstić information content (AvgIpc) is 3.76. The van der Waals surface area contributed by atoms with Gasteiger partial charge in [0, 0.05) is 43.6 Å². The Kier molecular flexibility index (Phi) is 6.41. The summed E-state index contributed by atoms with van der Waals surface area (Å²) >= 11 is 0. The summed E-state index contributed by atoms with van der Waals surface area (Å²) in [5.41, 5.74) is 10.2. The van der Waals surface area contributed by atoms with Crippen LogP contribution >= 0.6 is 0 Å². The van der Waals surface area contributed by atoms with Crippen molar-refractivity contribution >= 4 is 65.4 Å². The number of benzene rings is 7. The van der Waals surface area contributed by atoms with Gasteiger partial charge in [-0.1, -0.05) is 128 Å². The molecule has 0 fully saturated rings.